The predicted molar refractivity (Wildman–Crippen MR) is 70.5 cm³/mol. The Labute approximate surface area is 108 Å². The quantitative estimate of drug-likeness (QED) is 0.782. The summed E-state index contributed by atoms with van der Waals surface area (Å²) in [5, 5.41) is 10.2. The molecule has 100 valence electrons. The molecular formula is C13H22N4O. The van der Waals surface area contributed by atoms with Gasteiger partial charge in [-0.1, -0.05) is 0 Å². The van der Waals surface area contributed by atoms with Crippen LogP contribution in [-0.4, -0.2) is 28.4 Å². The van der Waals surface area contributed by atoms with E-state index in [2.05, 4.69) is 28.7 Å². The van der Waals surface area contributed by atoms with Gasteiger partial charge in [-0.15, -0.1) is 0 Å². The Kier molecular flexibility index (Phi) is 4.23. The first kappa shape index (κ1) is 12.9. The van der Waals surface area contributed by atoms with Crippen LogP contribution in [-0.2, 0) is 6.54 Å². The minimum atomic E-state index is -0.0342. The van der Waals surface area contributed by atoms with Crippen molar-refractivity contribution in [2.24, 2.45) is 0 Å². The van der Waals surface area contributed by atoms with Crippen LogP contribution in [0.1, 0.15) is 37.1 Å². The number of amides is 2. The van der Waals surface area contributed by atoms with Gasteiger partial charge >= 0.3 is 6.03 Å². The first-order valence-electron chi connectivity index (χ1n) is 6.70. The van der Waals surface area contributed by atoms with Gasteiger partial charge in [-0.05, 0) is 45.6 Å². The molecular weight excluding hydrogens is 228 g/mol. The molecule has 0 radical (unpaired) electrons. The van der Waals surface area contributed by atoms with Crippen LogP contribution in [0.3, 0.4) is 0 Å². The van der Waals surface area contributed by atoms with Crippen LogP contribution >= 0.6 is 0 Å². The summed E-state index contributed by atoms with van der Waals surface area (Å²) >= 11 is 0. The number of nitrogens with one attached hydrogen (secondary N) is 2. The van der Waals surface area contributed by atoms with Gasteiger partial charge in [-0.3, -0.25) is 4.68 Å². The van der Waals surface area contributed by atoms with E-state index in [4.69, 9.17) is 0 Å². The first-order chi connectivity index (χ1) is 8.65. The molecule has 0 aliphatic heterocycles. The van der Waals surface area contributed by atoms with Gasteiger partial charge in [0.05, 0.1) is 5.69 Å². The van der Waals surface area contributed by atoms with E-state index in [0.29, 0.717) is 12.6 Å². The molecule has 18 heavy (non-hydrogen) atoms. The van der Waals surface area contributed by atoms with Crippen LogP contribution in [0.4, 0.5) is 4.79 Å². The fourth-order valence-electron chi connectivity index (χ4n) is 2.12. The number of aryl methyl sites for hydroxylation is 3. The van der Waals surface area contributed by atoms with Crippen molar-refractivity contribution in [2.45, 2.75) is 52.1 Å². The second kappa shape index (κ2) is 5.89. The standard InChI is InChI=1S/C13H22N4O/c1-10-9-11(2)17(16-10)8-4-7-14-13(18)15-12-5-3-6-12/h9,12H,3-8H2,1-2H3,(H2,14,15,18). The molecule has 2 amide bonds. The summed E-state index contributed by atoms with van der Waals surface area (Å²) < 4.78 is 1.99. The lowest BCUT2D eigenvalue weighted by atomic mass is 9.93. The molecule has 2 N–H and O–H groups in total. The average Bonchev–Trinajstić information content (AvgIpc) is 2.58. The molecule has 1 aromatic heterocycles. The summed E-state index contributed by atoms with van der Waals surface area (Å²) in [7, 11) is 0. The van der Waals surface area contributed by atoms with Crippen molar-refractivity contribution >= 4 is 6.03 Å². The average molecular weight is 250 g/mol. The number of aromatic nitrogens is 2. The van der Waals surface area contributed by atoms with E-state index in [-0.39, 0.29) is 6.03 Å². The highest BCUT2D eigenvalue weighted by atomic mass is 16.2. The molecule has 0 atom stereocenters. The zero-order valence-electron chi connectivity index (χ0n) is 11.2. The lowest BCUT2D eigenvalue weighted by Crippen LogP contribution is -2.45. The zero-order chi connectivity index (χ0) is 13.0. The van der Waals surface area contributed by atoms with Gasteiger partial charge in [-0.2, -0.15) is 5.10 Å². The fourth-order valence-corrected chi connectivity index (χ4v) is 2.12. The van der Waals surface area contributed by atoms with E-state index in [1.807, 2.05) is 11.6 Å². The first-order valence-corrected chi connectivity index (χ1v) is 6.70. The third kappa shape index (κ3) is 3.48. The van der Waals surface area contributed by atoms with Gasteiger partial charge in [-0.25, -0.2) is 4.79 Å². The Hall–Kier alpha value is -1.52. The monoisotopic (exact) mass is 250 g/mol. The highest BCUT2D eigenvalue weighted by molar-refractivity contribution is 5.74. The molecule has 0 saturated heterocycles. The molecule has 0 bridgehead atoms. The molecule has 0 aromatic carbocycles. The predicted octanol–water partition coefficient (Wildman–Crippen LogP) is 1.74. The van der Waals surface area contributed by atoms with Crippen molar-refractivity contribution in [2.75, 3.05) is 6.54 Å². The number of nitrogens with zero attached hydrogens (tertiary/aromatic N) is 2. The lowest BCUT2D eigenvalue weighted by Gasteiger charge is -2.26. The Morgan fingerprint density at radius 3 is 2.83 bits per heavy atom. The zero-order valence-corrected chi connectivity index (χ0v) is 11.2. The topological polar surface area (TPSA) is 59.0 Å². The van der Waals surface area contributed by atoms with Gasteiger partial charge in [0.1, 0.15) is 0 Å². The molecule has 5 heteroatoms. The summed E-state index contributed by atoms with van der Waals surface area (Å²) in [5.41, 5.74) is 2.22. The van der Waals surface area contributed by atoms with Crippen LogP contribution in [0.2, 0.25) is 0 Å². The largest absolute Gasteiger partial charge is 0.338 e. The number of rotatable bonds is 5. The van der Waals surface area contributed by atoms with Crippen LogP contribution < -0.4 is 10.6 Å². The maximum Gasteiger partial charge on any atom is 0.315 e. The van der Waals surface area contributed by atoms with E-state index in [9.17, 15) is 4.79 Å². The molecule has 5 nitrogen and oxygen atoms in total. The van der Waals surface area contributed by atoms with Crippen molar-refractivity contribution < 1.29 is 4.79 Å². The molecule has 0 spiro atoms. The van der Waals surface area contributed by atoms with Crippen molar-refractivity contribution in [1.29, 1.82) is 0 Å². The Morgan fingerprint density at radius 2 is 2.28 bits per heavy atom. The van der Waals surface area contributed by atoms with Gasteiger partial charge in [0.2, 0.25) is 0 Å². The van der Waals surface area contributed by atoms with Crippen LogP contribution in [0.25, 0.3) is 0 Å². The fraction of sp³-hybridized carbons (Fsp3) is 0.692. The second-order valence-electron chi connectivity index (χ2n) is 5.03. The molecule has 2 rings (SSSR count). The van der Waals surface area contributed by atoms with Gasteiger partial charge in [0.25, 0.3) is 0 Å². The third-order valence-corrected chi connectivity index (χ3v) is 3.38. The normalized spacial score (nSPS) is 15.2. The van der Waals surface area contributed by atoms with Gasteiger partial charge in [0, 0.05) is 24.8 Å². The van der Waals surface area contributed by atoms with E-state index in [0.717, 1.165) is 31.5 Å². The van der Waals surface area contributed by atoms with E-state index >= 15 is 0 Å². The second-order valence-corrected chi connectivity index (χ2v) is 5.03. The number of carbonyl (C=O) groups is 1. The van der Waals surface area contributed by atoms with Crippen LogP contribution in [0, 0.1) is 13.8 Å². The molecule has 1 aromatic rings. The van der Waals surface area contributed by atoms with E-state index in [1.54, 1.807) is 0 Å². The van der Waals surface area contributed by atoms with Gasteiger partial charge in [0.15, 0.2) is 0 Å². The van der Waals surface area contributed by atoms with Crippen LogP contribution in [0.15, 0.2) is 6.07 Å². The highest BCUT2D eigenvalue weighted by Crippen LogP contribution is 2.17. The number of hydrogen-bond donors (Lipinski definition) is 2. The minimum Gasteiger partial charge on any atom is -0.338 e. The highest BCUT2D eigenvalue weighted by Gasteiger charge is 2.18. The van der Waals surface area contributed by atoms with E-state index in [1.165, 1.54) is 12.1 Å². The Bertz CT molecular complexity index is 409. The molecule has 1 aliphatic carbocycles. The Balaban J connectivity index is 1.60. The lowest BCUT2D eigenvalue weighted by molar-refractivity contribution is 0.228. The smallest absolute Gasteiger partial charge is 0.315 e. The number of urea groups is 1. The summed E-state index contributed by atoms with van der Waals surface area (Å²) in [6.07, 6.45) is 4.39. The van der Waals surface area contributed by atoms with Crippen molar-refractivity contribution in [1.82, 2.24) is 20.4 Å². The summed E-state index contributed by atoms with van der Waals surface area (Å²) in [6, 6.07) is 2.44. The number of carbonyl (C=O) groups excluding carboxylic acids is 1. The summed E-state index contributed by atoms with van der Waals surface area (Å²) in [6.45, 7) is 5.59. The molecule has 0 unspecified atom stereocenters. The molecule has 1 fully saturated rings. The van der Waals surface area contributed by atoms with Crippen molar-refractivity contribution in [3.63, 3.8) is 0 Å². The minimum absolute atomic E-state index is 0.0342. The third-order valence-electron chi connectivity index (χ3n) is 3.38. The maximum atomic E-state index is 11.5. The molecule has 1 aliphatic rings. The SMILES string of the molecule is Cc1cc(C)n(CCCNC(=O)NC2CCC2)n1. The summed E-state index contributed by atoms with van der Waals surface area (Å²) in [5.74, 6) is 0. The van der Waals surface area contributed by atoms with Crippen LogP contribution in [0.5, 0.6) is 0 Å². The van der Waals surface area contributed by atoms with Crippen molar-refractivity contribution in [3.8, 4) is 0 Å². The summed E-state index contributed by atoms with van der Waals surface area (Å²) in [4.78, 5) is 11.5. The Morgan fingerprint density at radius 1 is 1.50 bits per heavy atom. The number of hydrogen-bond acceptors (Lipinski definition) is 2. The molecule has 1 heterocycles. The van der Waals surface area contributed by atoms with E-state index < -0.39 is 0 Å². The maximum absolute atomic E-state index is 11.5. The van der Waals surface area contributed by atoms with Gasteiger partial charge < -0.3 is 10.6 Å². The molecule has 1 saturated carbocycles. The van der Waals surface area contributed by atoms with Crippen molar-refractivity contribution in [3.05, 3.63) is 17.5 Å².